The van der Waals surface area contributed by atoms with Crippen LogP contribution in [0.5, 0.6) is 5.75 Å². The number of carboxylic acids is 1. The van der Waals surface area contributed by atoms with Crippen LogP contribution < -0.4 is 27.4 Å². The van der Waals surface area contributed by atoms with Crippen LogP contribution in [0.3, 0.4) is 0 Å². The topological polar surface area (TPSA) is 234 Å². The van der Waals surface area contributed by atoms with Crippen molar-refractivity contribution in [3.63, 3.8) is 0 Å². The van der Waals surface area contributed by atoms with Crippen molar-refractivity contribution in [2.45, 2.75) is 76.7 Å². The fourth-order valence-electron chi connectivity index (χ4n) is 3.44. The summed E-state index contributed by atoms with van der Waals surface area (Å²) in [6.07, 6.45) is -1.72. The second kappa shape index (κ2) is 14.8. The SMILES string of the molecule is CC(C)CC(N)C(=O)NC(C(=O)NC(CCC(N)=O)C(=O)NC(Cc1ccc(O)cc1)C(=O)O)C(C)O. The number of phenolic OH excluding ortho intramolecular Hbond substituents is 1. The lowest BCUT2D eigenvalue weighted by molar-refractivity contribution is -0.142. The van der Waals surface area contributed by atoms with E-state index in [2.05, 4.69) is 16.0 Å². The maximum atomic E-state index is 12.9. The highest BCUT2D eigenvalue weighted by Gasteiger charge is 2.32. The average Bonchev–Trinajstić information content (AvgIpc) is 2.79. The van der Waals surface area contributed by atoms with E-state index in [0.29, 0.717) is 12.0 Å². The van der Waals surface area contributed by atoms with E-state index in [9.17, 15) is 39.3 Å². The molecule has 13 nitrogen and oxygen atoms in total. The summed E-state index contributed by atoms with van der Waals surface area (Å²) in [7, 11) is 0. The van der Waals surface area contributed by atoms with Crippen molar-refractivity contribution in [2.75, 3.05) is 0 Å². The van der Waals surface area contributed by atoms with E-state index in [1.807, 2.05) is 13.8 Å². The quantitative estimate of drug-likeness (QED) is 0.133. The molecule has 0 spiro atoms. The monoisotopic (exact) mass is 523 g/mol. The molecular formula is C24H37N5O8. The first-order valence-corrected chi connectivity index (χ1v) is 11.8. The Kier molecular flexibility index (Phi) is 12.5. The van der Waals surface area contributed by atoms with Crippen LogP contribution in [0.15, 0.2) is 24.3 Å². The second-order valence-corrected chi connectivity index (χ2v) is 9.30. The molecule has 1 aromatic carbocycles. The molecule has 5 unspecified atom stereocenters. The molecule has 0 heterocycles. The predicted octanol–water partition coefficient (Wildman–Crippen LogP) is -1.51. The lowest BCUT2D eigenvalue weighted by Crippen LogP contribution is -2.60. The molecular weight excluding hydrogens is 486 g/mol. The average molecular weight is 524 g/mol. The van der Waals surface area contributed by atoms with Gasteiger partial charge in [0.1, 0.15) is 23.9 Å². The summed E-state index contributed by atoms with van der Waals surface area (Å²) in [6, 6.07) is 0.511. The number of aliphatic hydroxyl groups is 1. The lowest BCUT2D eigenvalue weighted by atomic mass is 10.0. The summed E-state index contributed by atoms with van der Waals surface area (Å²) in [5.74, 6) is -4.54. The summed E-state index contributed by atoms with van der Waals surface area (Å²) in [5, 5.41) is 36.1. The fourth-order valence-corrected chi connectivity index (χ4v) is 3.44. The summed E-state index contributed by atoms with van der Waals surface area (Å²) < 4.78 is 0. The number of aliphatic hydroxyl groups excluding tert-OH is 1. The molecule has 1 aromatic rings. The summed E-state index contributed by atoms with van der Waals surface area (Å²) in [4.78, 5) is 61.3. The number of aromatic hydroxyl groups is 1. The van der Waals surface area contributed by atoms with Crippen LogP contribution >= 0.6 is 0 Å². The number of rotatable bonds is 15. The number of nitrogens with one attached hydrogen (secondary N) is 3. The molecule has 5 atom stereocenters. The molecule has 37 heavy (non-hydrogen) atoms. The Morgan fingerprint density at radius 3 is 1.95 bits per heavy atom. The molecule has 206 valence electrons. The molecule has 0 aliphatic carbocycles. The van der Waals surface area contributed by atoms with Gasteiger partial charge < -0.3 is 42.7 Å². The molecule has 0 aliphatic rings. The van der Waals surface area contributed by atoms with Gasteiger partial charge in [0.25, 0.3) is 0 Å². The molecule has 0 fully saturated rings. The zero-order valence-corrected chi connectivity index (χ0v) is 21.1. The minimum atomic E-state index is -1.47. The van der Waals surface area contributed by atoms with Gasteiger partial charge in [0.2, 0.25) is 23.6 Å². The molecule has 0 saturated heterocycles. The van der Waals surface area contributed by atoms with Crippen LogP contribution in [0.25, 0.3) is 0 Å². The van der Waals surface area contributed by atoms with Gasteiger partial charge in [-0.2, -0.15) is 0 Å². The Hall–Kier alpha value is -3.71. The molecule has 0 aliphatic heterocycles. The smallest absolute Gasteiger partial charge is 0.326 e. The van der Waals surface area contributed by atoms with Crippen LogP contribution in [0.4, 0.5) is 0 Å². The van der Waals surface area contributed by atoms with E-state index in [1.165, 1.54) is 31.2 Å². The highest BCUT2D eigenvalue weighted by Crippen LogP contribution is 2.12. The molecule has 1 rings (SSSR count). The number of amides is 4. The number of primary amides is 1. The van der Waals surface area contributed by atoms with E-state index in [1.54, 1.807) is 0 Å². The van der Waals surface area contributed by atoms with Crippen LogP contribution in [0.1, 0.15) is 45.6 Å². The Bertz CT molecular complexity index is 951. The molecule has 4 amide bonds. The van der Waals surface area contributed by atoms with Gasteiger partial charge in [-0.25, -0.2) is 4.79 Å². The van der Waals surface area contributed by atoms with Gasteiger partial charge in [-0.1, -0.05) is 26.0 Å². The predicted molar refractivity (Wildman–Crippen MR) is 133 cm³/mol. The van der Waals surface area contributed by atoms with Gasteiger partial charge in [-0.05, 0) is 43.4 Å². The van der Waals surface area contributed by atoms with E-state index in [4.69, 9.17) is 11.5 Å². The first-order chi connectivity index (χ1) is 17.2. The normalized spacial score (nSPS) is 15.1. The van der Waals surface area contributed by atoms with Gasteiger partial charge in [-0.3, -0.25) is 19.2 Å². The first-order valence-electron chi connectivity index (χ1n) is 11.8. The third-order valence-electron chi connectivity index (χ3n) is 5.43. The standard InChI is InChI=1S/C24H37N5O8/c1-12(2)10-16(25)21(33)29-20(13(3)30)23(35)27-17(8-9-19(26)32)22(34)28-18(24(36)37)11-14-4-6-15(31)7-5-14/h4-7,12-13,16-18,20,30-31H,8-11,25H2,1-3H3,(H2,26,32)(H,27,35)(H,28,34)(H,29,33)(H,36,37). The van der Waals surface area contributed by atoms with Crippen molar-refractivity contribution in [3.05, 3.63) is 29.8 Å². The van der Waals surface area contributed by atoms with Crippen LogP contribution in [0.2, 0.25) is 0 Å². The molecule has 0 aromatic heterocycles. The van der Waals surface area contributed by atoms with Crippen molar-refractivity contribution >= 4 is 29.6 Å². The maximum absolute atomic E-state index is 12.9. The maximum Gasteiger partial charge on any atom is 0.326 e. The van der Waals surface area contributed by atoms with Gasteiger partial charge in [0, 0.05) is 12.8 Å². The first kappa shape index (κ1) is 31.3. The number of phenols is 1. The van der Waals surface area contributed by atoms with Gasteiger partial charge in [-0.15, -0.1) is 0 Å². The molecule has 0 saturated carbocycles. The third kappa shape index (κ3) is 11.3. The zero-order chi connectivity index (χ0) is 28.3. The van der Waals surface area contributed by atoms with Gasteiger partial charge >= 0.3 is 5.97 Å². The number of carboxylic acid groups (broad SMARTS) is 1. The molecule has 0 bridgehead atoms. The number of carbonyl (C=O) groups is 5. The second-order valence-electron chi connectivity index (χ2n) is 9.30. The largest absolute Gasteiger partial charge is 0.508 e. The number of benzene rings is 1. The van der Waals surface area contributed by atoms with E-state index < -0.39 is 59.9 Å². The number of aliphatic carboxylic acids is 1. The van der Waals surface area contributed by atoms with E-state index in [0.717, 1.165) is 0 Å². The molecule has 13 heteroatoms. The minimum Gasteiger partial charge on any atom is -0.508 e. The van der Waals surface area contributed by atoms with Gasteiger partial charge in [0.15, 0.2) is 0 Å². The van der Waals surface area contributed by atoms with Crippen molar-refractivity contribution in [1.29, 1.82) is 0 Å². The zero-order valence-electron chi connectivity index (χ0n) is 21.1. The Morgan fingerprint density at radius 1 is 0.892 bits per heavy atom. The van der Waals surface area contributed by atoms with Crippen molar-refractivity contribution in [2.24, 2.45) is 17.4 Å². The van der Waals surface area contributed by atoms with E-state index >= 15 is 0 Å². The molecule has 10 N–H and O–H groups in total. The Labute approximate surface area is 215 Å². The summed E-state index contributed by atoms with van der Waals surface area (Å²) >= 11 is 0. The fraction of sp³-hybridized carbons (Fsp3) is 0.542. The molecule has 0 radical (unpaired) electrons. The highest BCUT2D eigenvalue weighted by atomic mass is 16.4. The number of hydrogen-bond acceptors (Lipinski definition) is 8. The van der Waals surface area contributed by atoms with Crippen molar-refractivity contribution < 1.29 is 39.3 Å². The lowest BCUT2D eigenvalue weighted by Gasteiger charge is -2.26. The van der Waals surface area contributed by atoms with Crippen LogP contribution in [-0.2, 0) is 30.4 Å². The van der Waals surface area contributed by atoms with E-state index in [-0.39, 0.29) is 30.9 Å². The minimum absolute atomic E-state index is 0.0150. The van der Waals surface area contributed by atoms with Gasteiger partial charge in [0.05, 0.1) is 12.1 Å². The Morgan fingerprint density at radius 2 is 1.46 bits per heavy atom. The number of hydrogen-bond donors (Lipinski definition) is 8. The number of nitrogens with two attached hydrogens (primary N) is 2. The summed E-state index contributed by atoms with van der Waals surface area (Å²) in [5.41, 5.74) is 11.5. The third-order valence-corrected chi connectivity index (χ3v) is 5.43. The van der Waals surface area contributed by atoms with Crippen molar-refractivity contribution in [3.8, 4) is 5.75 Å². The van der Waals surface area contributed by atoms with Crippen molar-refractivity contribution in [1.82, 2.24) is 16.0 Å². The number of carbonyl (C=O) groups excluding carboxylic acids is 4. The van der Waals surface area contributed by atoms with Crippen LogP contribution in [0, 0.1) is 5.92 Å². The Balaban J connectivity index is 3.02. The van der Waals surface area contributed by atoms with Crippen LogP contribution in [-0.4, -0.2) is 75.2 Å². The highest BCUT2D eigenvalue weighted by molar-refractivity contribution is 5.94. The summed E-state index contributed by atoms with van der Waals surface area (Å²) in [6.45, 7) is 4.98.